The molecule has 1 aliphatic rings. The first kappa shape index (κ1) is 21.4. The lowest BCUT2D eigenvalue weighted by Crippen LogP contribution is -2.41. The summed E-state index contributed by atoms with van der Waals surface area (Å²) in [6.45, 7) is 4.79. The second-order valence-electron chi connectivity index (χ2n) is 7.10. The first-order valence-corrected chi connectivity index (χ1v) is 10.5. The lowest BCUT2D eigenvalue weighted by Gasteiger charge is -2.26. The van der Waals surface area contributed by atoms with Gasteiger partial charge in [-0.1, -0.05) is 23.2 Å². The second kappa shape index (κ2) is 9.13. The predicted molar refractivity (Wildman–Crippen MR) is 118 cm³/mol. The van der Waals surface area contributed by atoms with Crippen LogP contribution in [0.2, 0.25) is 10.0 Å². The number of hydrogen-bond acceptors (Lipinski definition) is 7. The van der Waals surface area contributed by atoms with Gasteiger partial charge >= 0.3 is 0 Å². The van der Waals surface area contributed by atoms with Crippen molar-refractivity contribution in [1.82, 2.24) is 24.8 Å². The molecule has 1 aliphatic heterocycles. The molecule has 0 aliphatic carbocycles. The van der Waals surface area contributed by atoms with Crippen LogP contribution in [0, 0.1) is 6.92 Å². The molecule has 1 atom stereocenters. The van der Waals surface area contributed by atoms with E-state index in [1.165, 1.54) is 6.20 Å². The number of aryl methyl sites for hydroxylation is 1. The number of amides is 1. The number of halogens is 2. The summed E-state index contributed by atoms with van der Waals surface area (Å²) < 4.78 is 0. The molecular weight excluding hydrogens is 439 g/mol. The number of rotatable bonds is 3. The number of carbonyl (C=O) groups excluding carboxylic acids is 1. The first-order chi connectivity index (χ1) is 14.9. The number of anilines is 1. The smallest absolute Gasteiger partial charge is 0.255 e. The maximum Gasteiger partial charge on any atom is 0.255 e. The molecule has 10 heteroatoms. The average molecular weight is 459 g/mol. The highest BCUT2D eigenvalue weighted by atomic mass is 35.5. The van der Waals surface area contributed by atoms with E-state index in [4.69, 9.17) is 28.0 Å². The molecule has 0 unspecified atom stereocenters. The van der Waals surface area contributed by atoms with Gasteiger partial charge in [0.25, 0.3) is 5.91 Å². The predicted octanol–water partition coefficient (Wildman–Crippen LogP) is 3.83. The fraction of sp³-hybridized carbons (Fsp3) is 0.286. The van der Waals surface area contributed by atoms with Crippen LogP contribution in [0.25, 0.3) is 11.4 Å². The Labute approximate surface area is 189 Å². The SMILES string of the molecule is Cc1ncc(Cl)c(N2CCN(C(=O)c3cc(Cl)ccc3-c3ncccn3)[C@H](C)CO2)n1. The summed E-state index contributed by atoms with van der Waals surface area (Å²) >= 11 is 12.5. The van der Waals surface area contributed by atoms with Gasteiger partial charge in [-0.15, -0.1) is 0 Å². The summed E-state index contributed by atoms with van der Waals surface area (Å²) in [4.78, 5) is 38.3. The quantitative estimate of drug-likeness (QED) is 0.589. The highest BCUT2D eigenvalue weighted by Crippen LogP contribution is 2.28. The van der Waals surface area contributed by atoms with E-state index in [1.807, 2.05) is 6.92 Å². The third-order valence-electron chi connectivity index (χ3n) is 4.91. The molecule has 31 heavy (non-hydrogen) atoms. The van der Waals surface area contributed by atoms with E-state index in [9.17, 15) is 4.79 Å². The maximum atomic E-state index is 13.6. The van der Waals surface area contributed by atoms with E-state index in [0.717, 1.165) is 0 Å². The van der Waals surface area contributed by atoms with Crippen molar-refractivity contribution in [2.24, 2.45) is 0 Å². The van der Waals surface area contributed by atoms with Crippen molar-refractivity contribution in [2.75, 3.05) is 24.8 Å². The van der Waals surface area contributed by atoms with E-state index >= 15 is 0 Å². The summed E-state index contributed by atoms with van der Waals surface area (Å²) in [5.41, 5.74) is 1.06. The Balaban J connectivity index is 1.62. The molecule has 0 N–H and O–H groups in total. The minimum absolute atomic E-state index is 0.173. The Morgan fingerprint density at radius 3 is 2.71 bits per heavy atom. The minimum Gasteiger partial charge on any atom is -0.332 e. The van der Waals surface area contributed by atoms with Crippen molar-refractivity contribution in [3.8, 4) is 11.4 Å². The Morgan fingerprint density at radius 2 is 1.94 bits per heavy atom. The van der Waals surface area contributed by atoms with Crippen LogP contribution in [-0.4, -0.2) is 56.5 Å². The third-order valence-corrected chi connectivity index (χ3v) is 5.41. The van der Waals surface area contributed by atoms with Crippen LogP contribution in [0.5, 0.6) is 0 Å². The number of hydroxylamine groups is 1. The topological polar surface area (TPSA) is 84.3 Å². The van der Waals surface area contributed by atoms with Gasteiger partial charge in [0.05, 0.1) is 31.0 Å². The van der Waals surface area contributed by atoms with Gasteiger partial charge in [0, 0.05) is 29.5 Å². The summed E-state index contributed by atoms with van der Waals surface area (Å²) in [7, 11) is 0. The van der Waals surface area contributed by atoms with Gasteiger partial charge in [-0.05, 0) is 38.1 Å². The molecule has 3 heterocycles. The van der Waals surface area contributed by atoms with Crippen molar-refractivity contribution >= 4 is 34.9 Å². The Hall–Kier alpha value is -2.81. The number of hydrogen-bond donors (Lipinski definition) is 0. The highest BCUT2D eigenvalue weighted by molar-refractivity contribution is 6.32. The fourth-order valence-electron chi connectivity index (χ4n) is 3.34. The first-order valence-electron chi connectivity index (χ1n) is 9.71. The zero-order valence-electron chi connectivity index (χ0n) is 17.0. The van der Waals surface area contributed by atoms with Crippen LogP contribution in [-0.2, 0) is 4.84 Å². The minimum atomic E-state index is -0.192. The molecule has 2 aromatic heterocycles. The van der Waals surface area contributed by atoms with Gasteiger partial charge in [-0.25, -0.2) is 25.0 Å². The molecule has 0 spiro atoms. The molecule has 8 nitrogen and oxygen atoms in total. The summed E-state index contributed by atoms with van der Waals surface area (Å²) in [6, 6.07) is 6.67. The molecule has 3 aromatic rings. The summed E-state index contributed by atoms with van der Waals surface area (Å²) in [6.07, 6.45) is 4.82. The van der Waals surface area contributed by atoms with E-state index in [-0.39, 0.29) is 18.6 Å². The fourth-order valence-corrected chi connectivity index (χ4v) is 3.70. The largest absolute Gasteiger partial charge is 0.332 e. The van der Waals surface area contributed by atoms with Crippen LogP contribution in [0.15, 0.2) is 42.9 Å². The van der Waals surface area contributed by atoms with E-state index in [0.29, 0.717) is 51.7 Å². The normalized spacial score (nSPS) is 16.8. The van der Waals surface area contributed by atoms with Crippen molar-refractivity contribution < 1.29 is 9.63 Å². The lowest BCUT2D eigenvalue weighted by atomic mass is 10.0. The standard InChI is InChI=1S/C21H20Cl2N6O2/c1-13-12-31-29(20-18(23)11-26-14(2)27-20)9-8-28(13)21(30)17-10-15(22)4-5-16(17)19-24-6-3-7-25-19/h3-7,10-11,13H,8-9,12H2,1-2H3/t13-/m1/s1. The van der Waals surface area contributed by atoms with E-state index in [2.05, 4.69) is 19.9 Å². The third kappa shape index (κ3) is 4.61. The Bertz CT molecular complexity index is 1100. The van der Waals surface area contributed by atoms with Gasteiger partial charge in [0.15, 0.2) is 11.6 Å². The van der Waals surface area contributed by atoms with Crippen LogP contribution >= 0.6 is 23.2 Å². The molecule has 1 aromatic carbocycles. The molecule has 0 radical (unpaired) electrons. The molecule has 0 saturated carbocycles. The zero-order valence-corrected chi connectivity index (χ0v) is 18.5. The van der Waals surface area contributed by atoms with Crippen molar-refractivity contribution in [2.45, 2.75) is 19.9 Å². The molecule has 1 fully saturated rings. The van der Waals surface area contributed by atoms with Gasteiger partial charge in [-0.2, -0.15) is 0 Å². The van der Waals surface area contributed by atoms with Crippen molar-refractivity contribution in [3.63, 3.8) is 0 Å². The molecule has 1 amide bonds. The Morgan fingerprint density at radius 1 is 1.16 bits per heavy atom. The number of benzene rings is 1. The van der Waals surface area contributed by atoms with Gasteiger partial charge in [0.2, 0.25) is 0 Å². The summed E-state index contributed by atoms with van der Waals surface area (Å²) in [5.74, 6) is 1.36. The second-order valence-corrected chi connectivity index (χ2v) is 7.94. The van der Waals surface area contributed by atoms with Crippen molar-refractivity contribution in [3.05, 3.63) is 64.3 Å². The molecule has 0 bridgehead atoms. The van der Waals surface area contributed by atoms with Gasteiger partial charge < -0.3 is 4.90 Å². The van der Waals surface area contributed by atoms with Crippen LogP contribution in [0.3, 0.4) is 0 Å². The lowest BCUT2D eigenvalue weighted by molar-refractivity contribution is 0.0600. The number of carbonyl (C=O) groups is 1. The monoisotopic (exact) mass is 458 g/mol. The number of nitrogens with zero attached hydrogens (tertiary/aromatic N) is 6. The number of aromatic nitrogens is 4. The molecule has 4 rings (SSSR count). The van der Waals surface area contributed by atoms with Gasteiger partial charge in [-0.3, -0.25) is 9.63 Å². The molecule has 160 valence electrons. The summed E-state index contributed by atoms with van der Waals surface area (Å²) in [5, 5.41) is 2.46. The van der Waals surface area contributed by atoms with Gasteiger partial charge in [0.1, 0.15) is 10.8 Å². The van der Waals surface area contributed by atoms with Crippen LogP contribution in [0.4, 0.5) is 5.82 Å². The molecular formula is C21H20Cl2N6O2. The van der Waals surface area contributed by atoms with E-state index in [1.54, 1.807) is 53.5 Å². The Kier molecular flexibility index (Phi) is 6.31. The highest BCUT2D eigenvalue weighted by Gasteiger charge is 2.29. The average Bonchev–Trinajstić information content (AvgIpc) is 2.97. The van der Waals surface area contributed by atoms with Crippen LogP contribution < -0.4 is 5.06 Å². The van der Waals surface area contributed by atoms with E-state index < -0.39 is 0 Å². The maximum absolute atomic E-state index is 13.6. The zero-order chi connectivity index (χ0) is 22.0. The van der Waals surface area contributed by atoms with Crippen LogP contribution in [0.1, 0.15) is 23.1 Å². The molecule has 1 saturated heterocycles. The van der Waals surface area contributed by atoms with Crippen molar-refractivity contribution in [1.29, 1.82) is 0 Å².